The molecule has 1 aromatic heterocycles. The molecular weight excluding hydrogens is 702 g/mol. The van der Waals surface area contributed by atoms with Crippen LogP contribution in [0.3, 0.4) is 0 Å². The zero-order valence-corrected chi connectivity index (χ0v) is 27.9. The Labute approximate surface area is 296 Å². The van der Waals surface area contributed by atoms with Crippen molar-refractivity contribution < 1.29 is 40.8 Å². The van der Waals surface area contributed by atoms with E-state index in [9.17, 15) is 33.4 Å². The molecular formula is C39H24F5N3O4S. The first kappa shape index (κ1) is 35.7. The highest BCUT2D eigenvalue weighted by Crippen LogP contribution is 2.46. The molecule has 7 nitrogen and oxygen atoms in total. The third kappa shape index (κ3) is 6.10. The molecule has 0 saturated carbocycles. The summed E-state index contributed by atoms with van der Waals surface area (Å²) in [6.07, 6.45) is -2.80. The molecule has 260 valence electrons. The van der Waals surface area contributed by atoms with Gasteiger partial charge in [0.25, 0.3) is 6.43 Å². The van der Waals surface area contributed by atoms with Crippen LogP contribution in [0.2, 0.25) is 0 Å². The maximum Gasteiger partial charge on any atom is 0.342 e. The number of carbonyl (C=O) groups is 1. The highest BCUT2D eigenvalue weighted by Gasteiger charge is 2.35. The number of hydrogen-bond donors (Lipinski definition) is 1. The van der Waals surface area contributed by atoms with Gasteiger partial charge < -0.3 is 9.84 Å². The molecule has 0 aliphatic rings. The summed E-state index contributed by atoms with van der Waals surface area (Å²) in [5.74, 6) is -4.16. The van der Waals surface area contributed by atoms with Crippen molar-refractivity contribution in [1.82, 2.24) is 3.97 Å². The second-order valence-corrected chi connectivity index (χ2v) is 13.0. The van der Waals surface area contributed by atoms with Crippen LogP contribution in [0, 0.1) is 40.1 Å². The van der Waals surface area contributed by atoms with Gasteiger partial charge in [0.05, 0.1) is 52.0 Å². The minimum absolute atomic E-state index is 0.0113. The Morgan fingerprint density at radius 3 is 2.00 bits per heavy atom. The van der Waals surface area contributed by atoms with E-state index in [1.807, 2.05) is 12.1 Å². The lowest BCUT2D eigenvalue weighted by molar-refractivity contribution is -0.161. The molecule has 0 bridgehead atoms. The first-order chi connectivity index (χ1) is 24.8. The van der Waals surface area contributed by atoms with Crippen LogP contribution in [0.25, 0.3) is 44.4 Å². The molecule has 5 aromatic carbocycles. The van der Waals surface area contributed by atoms with Crippen molar-refractivity contribution in [3.8, 4) is 45.6 Å². The molecule has 0 fully saturated rings. The Morgan fingerprint density at radius 2 is 1.42 bits per heavy atom. The van der Waals surface area contributed by atoms with E-state index >= 15 is 13.2 Å². The molecule has 0 radical (unpaired) electrons. The van der Waals surface area contributed by atoms with Gasteiger partial charge in [-0.2, -0.15) is 10.5 Å². The van der Waals surface area contributed by atoms with Gasteiger partial charge in [0.15, 0.2) is 16.6 Å². The van der Waals surface area contributed by atoms with Crippen molar-refractivity contribution in [2.75, 3.05) is 7.11 Å². The topological polar surface area (TPSA) is 116 Å². The highest BCUT2D eigenvalue weighted by molar-refractivity contribution is 7.83. The smallest absolute Gasteiger partial charge is 0.342 e. The van der Waals surface area contributed by atoms with Crippen LogP contribution in [-0.2, 0) is 26.1 Å². The predicted octanol–water partition coefficient (Wildman–Crippen LogP) is 8.69. The number of benzene rings is 5. The number of hydrogen-bond acceptors (Lipinski definition) is 6. The van der Waals surface area contributed by atoms with Gasteiger partial charge in [-0.3, -0.25) is 3.97 Å². The summed E-state index contributed by atoms with van der Waals surface area (Å²) in [4.78, 5) is 12.2. The maximum absolute atomic E-state index is 15.8. The number of carbonyl (C=O) groups excluding carboxylic acids is 1. The van der Waals surface area contributed by atoms with E-state index in [0.717, 1.165) is 50.4 Å². The number of halogens is 5. The number of rotatable bonds is 8. The van der Waals surface area contributed by atoms with Crippen LogP contribution >= 0.6 is 0 Å². The Morgan fingerprint density at radius 1 is 0.827 bits per heavy atom. The second-order valence-electron chi connectivity index (χ2n) is 11.7. The Bertz CT molecular complexity index is 2460. The first-order valence-corrected chi connectivity index (χ1v) is 16.4. The number of nitrogens with zero attached hydrogens (tertiary/aromatic N) is 3. The van der Waals surface area contributed by atoms with E-state index < -0.39 is 57.6 Å². The Kier molecular flexibility index (Phi) is 9.51. The van der Waals surface area contributed by atoms with Crippen LogP contribution in [0.4, 0.5) is 22.0 Å². The summed E-state index contributed by atoms with van der Waals surface area (Å²) < 4.78 is 93.8. The SMILES string of the molecule is COC(=O)C(C)(O)c1cc(F)c(-c2cccc(-c3c(-c4c(C#N)cccc4C#N)c4cc(F)ccc4n3S(=O)c3ccc(C(F)F)cc3)c2)c(F)c1. The summed E-state index contributed by atoms with van der Waals surface area (Å²) in [5, 5.41) is 31.1. The molecule has 6 aromatic rings. The van der Waals surface area contributed by atoms with Crippen molar-refractivity contribution in [2.45, 2.75) is 23.8 Å². The largest absolute Gasteiger partial charge is 0.467 e. The van der Waals surface area contributed by atoms with Crippen molar-refractivity contribution in [2.24, 2.45) is 0 Å². The van der Waals surface area contributed by atoms with Crippen LogP contribution in [0.15, 0.2) is 102 Å². The highest BCUT2D eigenvalue weighted by atomic mass is 32.2. The van der Waals surface area contributed by atoms with Gasteiger partial charge in [0.1, 0.15) is 17.5 Å². The summed E-state index contributed by atoms with van der Waals surface area (Å²) in [7, 11) is -1.24. The minimum atomic E-state index is -2.80. The molecule has 0 spiro atoms. The van der Waals surface area contributed by atoms with E-state index in [-0.39, 0.29) is 60.4 Å². The zero-order chi connectivity index (χ0) is 37.5. The fourth-order valence-corrected chi connectivity index (χ4v) is 7.31. The van der Waals surface area contributed by atoms with Crippen LogP contribution in [0.5, 0.6) is 0 Å². The lowest BCUT2D eigenvalue weighted by atomic mass is 9.90. The second kappa shape index (κ2) is 13.9. The lowest BCUT2D eigenvalue weighted by Gasteiger charge is -2.21. The third-order valence-electron chi connectivity index (χ3n) is 8.55. The van der Waals surface area contributed by atoms with Crippen molar-refractivity contribution in [3.05, 3.63) is 137 Å². The molecule has 2 unspecified atom stereocenters. The van der Waals surface area contributed by atoms with Gasteiger partial charge in [-0.15, -0.1) is 0 Å². The molecule has 2 atom stereocenters. The minimum Gasteiger partial charge on any atom is -0.467 e. The molecule has 52 heavy (non-hydrogen) atoms. The maximum atomic E-state index is 15.8. The van der Waals surface area contributed by atoms with Crippen LogP contribution in [0.1, 0.15) is 35.6 Å². The molecule has 1 N–H and O–H groups in total. The van der Waals surface area contributed by atoms with Crippen LogP contribution < -0.4 is 0 Å². The number of nitriles is 2. The number of esters is 1. The number of methoxy groups -OCH3 is 1. The van der Waals surface area contributed by atoms with Gasteiger partial charge in [0.2, 0.25) is 0 Å². The third-order valence-corrected chi connectivity index (χ3v) is 9.94. The van der Waals surface area contributed by atoms with E-state index in [4.69, 9.17) is 0 Å². The number of aliphatic hydroxyl groups is 1. The lowest BCUT2D eigenvalue weighted by Crippen LogP contribution is -2.33. The number of alkyl halides is 2. The van der Waals surface area contributed by atoms with Crippen LogP contribution in [-0.4, -0.2) is 26.4 Å². The van der Waals surface area contributed by atoms with Gasteiger partial charge in [-0.25, -0.2) is 31.0 Å². The van der Waals surface area contributed by atoms with Gasteiger partial charge in [0, 0.05) is 33.2 Å². The fraction of sp³-hybridized carbons (Fsp3) is 0.103. The average Bonchev–Trinajstić information content (AvgIpc) is 3.47. The number of aromatic nitrogens is 1. The summed E-state index contributed by atoms with van der Waals surface area (Å²) in [6.45, 7) is 1.02. The molecule has 6 rings (SSSR count). The molecule has 1 heterocycles. The average molecular weight is 726 g/mol. The van der Waals surface area contributed by atoms with Crippen molar-refractivity contribution in [1.29, 1.82) is 10.5 Å². The number of ether oxygens (including phenoxy) is 1. The first-order valence-electron chi connectivity index (χ1n) is 15.3. The van der Waals surface area contributed by atoms with E-state index in [1.54, 1.807) is 0 Å². The van der Waals surface area contributed by atoms with Crippen molar-refractivity contribution >= 4 is 27.9 Å². The molecule has 0 saturated heterocycles. The van der Waals surface area contributed by atoms with E-state index in [0.29, 0.717) is 0 Å². The fourth-order valence-electron chi connectivity index (χ4n) is 6.03. The van der Waals surface area contributed by atoms with E-state index in [2.05, 4.69) is 4.74 Å². The van der Waals surface area contributed by atoms with E-state index in [1.165, 1.54) is 64.6 Å². The van der Waals surface area contributed by atoms with Crippen molar-refractivity contribution in [3.63, 3.8) is 0 Å². The summed E-state index contributed by atoms with van der Waals surface area (Å²) >= 11 is 0. The normalized spacial score (nSPS) is 13.0. The Hall–Kier alpha value is -6.15. The molecule has 0 aliphatic heterocycles. The quantitative estimate of drug-likeness (QED) is 0.124. The zero-order valence-electron chi connectivity index (χ0n) is 27.1. The molecule has 0 amide bonds. The predicted molar refractivity (Wildman–Crippen MR) is 182 cm³/mol. The van der Waals surface area contributed by atoms with Gasteiger partial charge >= 0.3 is 5.97 Å². The van der Waals surface area contributed by atoms with Gasteiger partial charge in [-0.1, -0.05) is 36.4 Å². The summed E-state index contributed by atoms with van der Waals surface area (Å²) in [5.41, 5.74) is -3.17. The monoisotopic (exact) mass is 725 g/mol. The number of fused-ring (bicyclic) bond motifs is 1. The van der Waals surface area contributed by atoms with Gasteiger partial charge in [-0.05, 0) is 73.2 Å². The molecule has 13 heteroatoms. The standard InChI is InChI=1S/C39H24F5N3O4S/c1-39(49,38(48)51-2)26-16-30(41)34(31(42)17-26)22-5-3-6-23(15-22)36-35(33-24(19-45)7-4-8-25(33)20-46)29-18-27(40)11-14-32(29)47(36)52(50)28-12-9-21(10-13-28)37(43)44/h3-18,37,49H,1-2H3. The Balaban J connectivity index is 1.69. The molecule has 0 aliphatic carbocycles. The summed E-state index contributed by atoms with van der Waals surface area (Å²) in [6, 6.07) is 24.0.